The van der Waals surface area contributed by atoms with E-state index in [0.29, 0.717) is 11.6 Å². The number of phenols is 1. The number of aromatic hydroxyl groups is 1. The summed E-state index contributed by atoms with van der Waals surface area (Å²) in [4.78, 5) is 11.6. The summed E-state index contributed by atoms with van der Waals surface area (Å²) >= 11 is 0. The van der Waals surface area contributed by atoms with Crippen LogP contribution in [0.1, 0.15) is 5.56 Å². The fraction of sp³-hybridized carbons (Fsp3) is 0.0714. The molecule has 0 aliphatic carbocycles. The van der Waals surface area contributed by atoms with Gasteiger partial charge in [0, 0.05) is 18.2 Å². The van der Waals surface area contributed by atoms with Gasteiger partial charge in [0.25, 0.3) is 0 Å². The van der Waals surface area contributed by atoms with E-state index in [9.17, 15) is 18.7 Å². The maximum absolute atomic E-state index is 13.3. The fourth-order valence-electron chi connectivity index (χ4n) is 1.59. The lowest BCUT2D eigenvalue weighted by Crippen LogP contribution is -2.28. The number of nitrogens with one attached hydrogen (secondary N) is 2. The summed E-state index contributed by atoms with van der Waals surface area (Å²) in [7, 11) is 0. The van der Waals surface area contributed by atoms with E-state index in [4.69, 9.17) is 0 Å². The van der Waals surface area contributed by atoms with Gasteiger partial charge in [-0.15, -0.1) is 0 Å². The normalized spacial score (nSPS) is 10.1. The van der Waals surface area contributed by atoms with Crippen LogP contribution in [0.5, 0.6) is 5.75 Å². The summed E-state index contributed by atoms with van der Waals surface area (Å²) in [6, 6.07) is 8.72. The number of amides is 2. The molecular formula is C14H12F2N2O2. The molecule has 0 bridgehead atoms. The second-order valence-corrected chi connectivity index (χ2v) is 4.06. The van der Waals surface area contributed by atoms with Crippen LogP contribution in [0.25, 0.3) is 0 Å². The van der Waals surface area contributed by atoms with E-state index >= 15 is 0 Å². The van der Waals surface area contributed by atoms with Gasteiger partial charge >= 0.3 is 6.03 Å². The third-order valence-electron chi connectivity index (χ3n) is 2.61. The highest BCUT2D eigenvalue weighted by Crippen LogP contribution is 2.16. The molecular weight excluding hydrogens is 266 g/mol. The van der Waals surface area contributed by atoms with Gasteiger partial charge in [0.15, 0.2) is 0 Å². The minimum Gasteiger partial charge on any atom is -0.508 e. The number of para-hydroxylation sites is 1. The molecule has 0 aliphatic rings. The van der Waals surface area contributed by atoms with Gasteiger partial charge in [0.1, 0.15) is 17.4 Å². The molecule has 0 saturated heterocycles. The number of anilines is 1. The maximum atomic E-state index is 13.3. The van der Waals surface area contributed by atoms with Crippen LogP contribution in [0.2, 0.25) is 0 Å². The van der Waals surface area contributed by atoms with E-state index in [1.807, 2.05) is 0 Å². The van der Waals surface area contributed by atoms with Gasteiger partial charge in [0.05, 0.1) is 5.69 Å². The van der Waals surface area contributed by atoms with Gasteiger partial charge in [-0.2, -0.15) is 0 Å². The number of carbonyl (C=O) groups excluding carboxylic acids is 1. The van der Waals surface area contributed by atoms with Crippen LogP contribution < -0.4 is 10.6 Å². The van der Waals surface area contributed by atoms with Crippen LogP contribution in [-0.2, 0) is 6.54 Å². The molecule has 104 valence electrons. The Morgan fingerprint density at radius 3 is 2.60 bits per heavy atom. The van der Waals surface area contributed by atoms with E-state index in [1.54, 1.807) is 18.2 Å². The molecule has 0 fully saturated rings. The number of urea groups is 1. The fourth-order valence-corrected chi connectivity index (χ4v) is 1.59. The maximum Gasteiger partial charge on any atom is 0.319 e. The third-order valence-corrected chi connectivity index (χ3v) is 2.61. The van der Waals surface area contributed by atoms with Crippen molar-refractivity contribution in [1.29, 1.82) is 0 Å². The summed E-state index contributed by atoms with van der Waals surface area (Å²) in [5.41, 5.74) is 0.406. The molecule has 0 unspecified atom stereocenters. The molecule has 6 heteroatoms. The van der Waals surface area contributed by atoms with Crippen molar-refractivity contribution in [3.8, 4) is 5.75 Å². The van der Waals surface area contributed by atoms with Gasteiger partial charge in [-0.05, 0) is 18.2 Å². The smallest absolute Gasteiger partial charge is 0.319 e. The molecule has 4 nitrogen and oxygen atoms in total. The van der Waals surface area contributed by atoms with Gasteiger partial charge in [0.2, 0.25) is 0 Å². The number of benzene rings is 2. The van der Waals surface area contributed by atoms with Gasteiger partial charge in [-0.25, -0.2) is 13.6 Å². The SMILES string of the molecule is O=C(NCc1ccccc1O)Nc1ccc(F)cc1F. The molecule has 2 amide bonds. The number of halogens is 2. The number of rotatable bonds is 3. The van der Waals surface area contributed by atoms with Crippen molar-refractivity contribution in [2.45, 2.75) is 6.54 Å². The van der Waals surface area contributed by atoms with Crippen molar-refractivity contribution in [3.05, 3.63) is 59.7 Å². The van der Waals surface area contributed by atoms with Crippen molar-refractivity contribution >= 4 is 11.7 Å². The summed E-state index contributed by atoms with van der Waals surface area (Å²) < 4.78 is 26.0. The van der Waals surface area contributed by atoms with E-state index < -0.39 is 17.7 Å². The van der Waals surface area contributed by atoms with Crippen LogP contribution in [0.4, 0.5) is 19.3 Å². The van der Waals surface area contributed by atoms with Gasteiger partial charge < -0.3 is 15.7 Å². The highest BCUT2D eigenvalue weighted by atomic mass is 19.1. The summed E-state index contributed by atoms with van der Waals surface area (Å²) in [5, 5.41) is 14.2. The monoisotopic (exact) mass is 278 g/mol. The van der Waals surface area contributed by atoms with Gasteiger partial charge in [-0.1, -0.05) is 18.2 Å². The number of phenolic OH excluding ortho intramolecular Hbond substituents is 1. The molecule has 0 atom stereocenters. The number of hydrogen-bond acceptors (Lipinski definition) is 2. The Bertz CT molecular complexity index is 632. The second-order valence-electron chi connectivity index (χ2n) is 4.06. The minimum atomic E-state index is -0.859. The first-order chi connectivity index (χ1) is 9.56. The molecule has 2 aromatic carbocycles. The van der Waals surface area contributed by atoms with Crippen molar-refractivity contribution in [3.63, 3.8) is 0 Å². The first-order valence-electron chi connectivity index (χ1n) is 5.83. The van der Waals surface area contributed by atoms with Crippen LogP contribution in [-0.4, -0.2) is 11.1 Å². The average Bonchev–Trinajstić information content (AvgIpc) is 2.41. The van der Waals surface area contributed by atoms with Gasteiger partial charge in [-0.3, -0.25) is 0 Å². The molecule has 2 aromatic rings. The third kappa shape index (κ3) is 3.44. The van der Waals surface area contributed by atoms with E-state index in [0.717, 1.165) is 12.1 Å². The van der Waals surface area contributed by atoms with E-state index in [1.165, 1.54) is 6.07 Å². The van der Waals surface area contributed by atoms with Crippen LogP contribution in [0.3, 0.4) is 0 Å². The zero-order valence-corrected chi connectivity index (χ0v) is 10.4. The predicted molar refractivity (Wildman–Crippen MR) is 70.3 cm³/mol. The first-order valence-corrected chi connectivity index (χ1v) is 5.83. The molecule has 3 N–H and O–H groups in total. The highest BCUT2D eigenvalue weighted by Gasteiger charge is 2.08. The summed E-state index contributed by atoms with van der Waals surface area (Å²) in [5.74, 6) is -1.52. The highest BCUT2D eigenvalue weighted by molar-refractivity contribution is 5.89. The van der Waals surface area contributed by atoms with Crippen molar-refractivity contribution < 1.29 is 18.7 Å². The van der Waals surface area contributed by atoms with Crippen molar-refractivity contribution in [2.75, 3.05) is 5.32 Å². The number of hydrogen-bond donors (Lipinski definition) is 3. The molecule has 0 spiro atoms. The zero-order valence-electron chi connectivity index (χ0n) is 10.4. The van der Waals surface area contributed by atoms with E-state index in [-0.39, 0.29) is 18.0 Å². The Hall–Kier alpha value is -2.63. The Kier molecular flexibility index (Phi) is 4.14. The summed E-state index contributed by atoms with van der Waals surface area (Å²) in [6.07, 6.45) is 0. The van der Waals surface area contributed by atoms with E-state index in [2.05, 4.69) is 10.6 Å². The van der Waals surface area contributed by atoms with Crippen molar-refractivity contribution in [2.24, 2.45) is 0 Å². The lowest BCUT2D eigenvalue weighted by atomic mass is 10.2. The number of carbonyl (C=O) groups is 1. The zero-order chi connectivity index (χ0) is 14.5. The Morgan fingerprint density at radius 2 is 1.90 bits per heavy atom. The van der Waals surface area contributed by atoms with Crippen LogP contribution in [0.15, 0.2) is 42.5 Å². The topological polar surface area (TPSA) is 61.4 Å². The molecule has 2 rings (SSSR count). The molecule has 20 heavy (non-hydrogen) atoms. The minimum absolute atomic E-state index is 0.0563. The quantitative estimate of drug-likeness (QED) is 0.808. The van der Waals surface area contributed by atoms with Crippen LogP contribution in [0, 0.1) is 11.6 Å². The average molecular weight is 278 g/mol. The first kappa shape index (κ1) is 13.8. The lowest BCUT2D eigenvalue weighted by Gasteiger charge is -2.09. The molecule has 0 aromatic heterocycles. The standard InChI is InChI=1S/C14H12F2N2O2/c15-10-5-6-12(11(16)7-10)18-14(20)17-8-9-3-1-2-4-13(9)19/h1-7,19H,8H2,(H2,17,18,20). The molecule has 0 saturated carbocycles. The summed E-state index contributed by atoms with van der Waals surface area (Å²) in [6.45, 7) is 0.0846. The second kappa shape index (κ2) is 6.01. The van der Waals surface area contributed by atoms with Crippen LogP contribution >= 0.6 is 0 Å². The Balaban J connectivity index is 1.94. The largest absolute Gasteiger partial charge is 0.508 e. The molecule has 0 aliphatic heterocycles. The molecule has 0 heterocycles. The predicted octanol–water partition coefficient (Wildman–Crippen LogP) is 2.99. The lowest BCUT2D eigenvalue weighted by molar-refractivity contribution is 0.251. The Labute approximate surface area is 114 Å². The van der Waals surface area contributed by atoms with Crippen molar-refractivity contribution in [1.82, 2.24) is 5.32 Å². The molecule has 0 radical (unpaired) electrons. The Morgan fingerprint density at radius 1 is 1.15 bits per heavy atom.